The van der Waals surface area contributed by atoms with Gasteiger partial charge in [0, 0.05) is 18.7 Å². The fourth-order valence-electron chi connectivity index (χ4n) is 3.00. The van der Waals surface area contributed by atoms with E-state index in [0.29, 0.717) is 5.41 Å². The van der Waals surface area contributed by atoms with Crippen LogP contribution in [0.3, 0.4) is 0 Å². The Hall–Kier alpha value is -0.800. The first-order valence-electron chi connectivity index (χ1n) is 7.91. The summed E-state index contributed by atoms with van der Waals surface area (Å²) in [6.45, 7) is 16.6. The van der Waals surface area contributed by atoms with Crippen molar-refractivity contribution >= 4 is 0 Å². The van der Waals surface area contributed by atoms with Crippen LogP contribution in [0.1, 0.15) is 51.2 Å². The van der Waals surface area contributed by atoms with Crippen LogP contribution in [0.5, 0.6) is 0 Å². The Labute approximate surface area is 123 Å². The molecular weight excluding hydrogens is 248 g/mol. The molecule has 20 heavy (non-hydrogen) atoms. The average Bonchev–Trinajstić information content (AvgIpc) is 2.95. The molecule has 0 spiro atoms. The molecule has 0 bridgehead atoms. The van der Waals surface area contributed by atoms with Gasteiger partial charge < -0.3 is 9.73 Å². The molecule has 2 heterocycles. The predicted molar refractivity (Wildman–Crippen MR) is 83.7 cm³/mol. The van der Waals surface area contributed by atoms with E-state index in [1.165, 1.54) is 25.1 Å². The first-order valence-corrected chi connectivity index (χ1v) is 7.91. The van der Waals surface area contributed by atoms with Crippen molar-refractivity contribution in [2.75, 3.05) is 19.6 Å². The van der Waals surface area contributed by atoms with Crippen molar-refractivity contribution in [1.82, 2.24) is 10.2 Å². The summed E-state index contributed by atoms with van der Waals surface area (Å²) in [4.78, 5) is 2.57. The van der Waals surface area contributed by atoms with Crippen molar-refractivity contribution in [2.45, 2.75) is 54.1 Å². The number of aryl methyl sites for hydroxylation is 1. The Bertz CT molecular complexity index is 431. The maximum Gasteiger partial charge on any atom is 0.118 e. The molecule has 3 heteroatoms. The van der Waals surface area contributed by atoms with Crippen molar-refractivity contribution in [3.05, 3.63) is 23.2 Å². The molecule has 3 nitrogen and oxygen atoms in total. The summed E-state index contributed by atoms with van der Waals surface area (Å²) in [5, 5.41) is 3.32. The predicted octanol–water partition coefficient (Wildman–Crippen LogP) is 3.57. The SMILES string of the molecule is CCNCc1cc(CN2CCC(C(C)(C)C)C2)c(C)o1. The first kappa shape index (κ1) is 15.6. The summed E-state index contributed by atoms with van der Waals surface area (Å²) in [6.07, 6.45) is 1.32. The molecule has 1 aliphatic rings. The molecule has 1 atom stereocenters. The van der Waals surface area contributed by atoms with Crippen LogP contribution in [-0.4, -0.2) is 24.5 Å². The van der Waals surface area contributed by atoms with Crippen LogP contribution >= 0.6 is 0 Å². The number of likely N-dealkylation sites (tertiary alicyclic amines) is 1. The van der Waals surface area contributed by atoms with E-state index >= 15 is 0 Å². The van der Waals surface area contributed by atoms with Crippen LogP contribution in [0.15, 0.2) is 10.5 Å². The van der Waals surface area contributed by atoms with Crippen molar-refractivity contribution in [3.8, 4) is 0 Å². The van der Waals surface area contributed by atoms with E-state index in [1.54, 1.807) is 0 Å². The van der Waals surface area contributed by atoms with E-state index in [1.807, 2.05) is 0 Å². The molecule has 0 aliphatic carbocycles. The van der Waals surface area contributed by atoms with Gasteiger partial charge in [0.1, 0.15) is 11.5 Å². The maximum absolute atomic E-state index is 5.83. The summed E-state index contributed by atoms with van der Waals surface area (Å²) in [7, 11) is 0. The molecule has 0 aromatic carbocycles. The Morgan fingerprint density at radius 3 is 2.75 bits per heavy atom. The molecule has 1 N–H and O–H groups in total. The van der Waals surface area contributed by atoms with Gasteiger partial charge in [-0.2, -0.15) is 0 Å². The highest BCUT2D eigenvalue weighted by Gasteiger charge is 2.31. The zero-order valence-corrected chi connectivity index (χ0v) is 13.8. The third-order valence-corrected chi connectivity index (χ3v) is 4.51. The molecule has 114 valence electrons. The normalized spacial score (nSPS) is 20.8. The van der Waals surface area contributed by atoms with E-state index < -0.39 is 0 Å². The lowest BCUT2D eigenvalue weighted by Crippen LogP contribution is -2.25. The Balaban J connectivity index is 1.92. The van der Waals surface area contributed by atoms with Gasteiger partial charge in [-0.25, -0.2) is 0 Å². The summed E-state index contributed by atoms with van der Waals surface area (Å²) >= 11 is 0. The molecule has 1 aromatic heterocycles. The minimum absolute atomic E-state index is 0.427. The fourth-order valence-corrected chi connectivity index (χ4v) is 3.00. The lowest BCUT2D eigenvalue weighted by atomic mass is 9.80. The average molecular weight is 278 g/mol. The minimum atomic E-state index is 0.427. The third-order valence-electron chi connectivity index (χ3n) is 4.51. The summed E-state index contributed by atoms with van der Waals surface area (Å²) in [6, 6.07) is 2.22. The number of hydrogen-bond donors (Lipinski definition) is 1. The third kappa shape index (κ3) is 3.86. The Kier molecular flexibility index (Phi) is 4.92. The largest absolute Gasteiger partial charge is 0.465 e. The summed E-state index contributed by atoms with van der Waals surface area (Å²) < 4.78 is 5.83. The number of furan rings is 1. The molecule has 0 amide bonds. The van der Waals surface area contributed by atoms with E-state index in [4.69, 9.17) is 4.42 Å². The molecule has 1 fully saturated rings. The molecule has 1 unspecified atom stereocenters. The van der Waals surface area contributed by atoms with E-state index in [9.17, 15) is 0 Å². The van der Waals surface area contributed by atoms with Gasteiger partial charge in [0.15, 0.2) is 0 Å². The number of hydrogen-bond acceptors (Lipinski definition) is 3. The van der Waals surface area contributed by atoms with E-state index in [0.717, 1.165) is 37.1 Å². The second kappa shape index (κ2) is 6.31. The zero-order valence-electron chi connectivity index (χ0n) is 13.8. The standard InChI is InChI=1S/C17H30N2O/c1-6-18-10-16-9-14(13(2)20-16)11-19-8-7-15(12-19)17(3,4)5/h9,15,18H,6-8,10-12H2,1-5H3. The van der Waals surface area contributed by atoms with Gasteiger partial charge in [0.2, 0.25) is 0 Å². The number of nitrogens with one attached hydrogen (secondary N) is 1. The van der Waals surface area contributed by atoms with Crippen LogP contribution in [-0.2, 0) is 13.1 Å². The van der Waals surface area contributed by atoms with Crippen molar-refractivity contribution in [3.63, 3.8) is 0 Å². The van der Waals surface area contributed by atoms with Gasteiger partial charge in [-0.15, -0.1) is 0 Å². The van der Waals surface area contributed by atoms with Gasteiger partial charge in [0.05, 0.1) is 6.54 Å². The van der Waals surface area contributed by atoms with Gasteiger partial charge in [-0.1, -0.05) is 27.7 Å². The van der Waals surface area contributed by atoms with E-state index in [-0.39, 0.29) is 0 Å². The highest BCUT2D eigenvalue weighted by atomic mass is 16.3. The van der Waals surface area contributed by atoms with Crippen LogP contribution in [0, 0.1) is 18.3 Å². The second-order valence-corrected chi connectivity index (χ2v) is 7.16. The maximum atomic E-state index is 5.83. The first-order chi connectivity index (χ1) is 9.40. The summed E-state index contributed by atoms with van der Waals surface area (Å²) in [5.74, 6) is 2.96. The Morgan fingerprint density at radius 1 is 1.40 bits per heavy atom. The van der Waals surface area contributed by atoms with Crippen LogP contribution in [0.2, 0.25) is 0 Å². The minimum Gasteiger partial charge on any atom is -0.465 e. The molecular formula is C17H30N2O. The van der Waals surface area contributed by atoms with Gasteiger partial charge in [0.25, 0.3) is 0 Å². The highest BCUT2D eigenvalue weighted by Crippen LogP contribution is 2.34. The van der Waals surface area contributed by atoms with Crippen LogP contribution in [0.25, 0.3) is 0 Å². The van der Waals surface area contributed by atoms with Crippen molar-refractivity contribution in [2.24, 2.45) is 11.3 Å². The number of rotatable bonds is 5. The lowest BCUT2D eigenvalue weighted by molar-refractivity contribution is 0.226. The van der Waals surface area contributed by atoms with E-state index in [2.05, 4.69) is 50.9 Å². The van der Waals surface area contributed by atoms with Crippen LogP contribution < -0.4 is 5.32 Å². The van der Waals surface area contributed by atoms with Crippen molar-refractivity contribution < 1.29 is 4.42 Å². The van der Waals surface area contributed by atoms with Crippen molar-refractivity contribution in [1.29, 1.82) is 0 Å². The highest BCUT2D eigenvalue weighted by molar-refractivity contribution is 5.21. The Morgan fingerprint density at radius 2 is 2.15 bits per heavy atom. The smallest absolute Gasteiger partial charge is 0.118 e. The second-order valence-electron chi connectivity index (χ2n) is 7.16. The topological polar surface area (TPSA) is 28.4 Å². The lowest BCUT2D eigenvalue weighted by Gasteiger charge is -2.27. The molecule has 1 saturated heterocycles. The van der Waals surface area contributed by atoms with Gasteiger partial charge in [-0.3, -0.25) is 4.90 Å². The molecule has 0 saturated carbocycles. The van der Waals surface area contributed by atoms with Gasteiger partial charge in [-0.05, 0) is 43.8 Å². The number of nitrogens with zero attached hydrogens (tertiary/aromatic N) is 1. The van der Waals surface area contributed by atoms with Crippen LogP contribution in [0.4, 0.5) is 0 Å². The zero-order chi connectivity index (χ0) is 14.8. The molecule has 1 aromatic rings. The quantitative estimate of drug-likeness (QED) is 0.892. The monoisotopic (exact) mass is 278 g/mol. The molecule has 2 rings (SSSR count). The fraction of sp³-hybridized carbons (Fsp3) is 0.765. The molecule has 1 aliphatic heterocycles. The molecule has 0 radical (unpaired) electrons. The summed E-state index contributed by atoms with van der Waals surface area (Å²) in [5.41, 5.74) is 1.78. The van der Waals surface area contributed by atoms with Gasteiger partial charge >= 0.3 is 0 Å².